The third kappa shape index (κ3) is 3.93. The van der Waals surface area contributed by atoms with Crippen LogP contribution in [0.1, 0.15) is 15.9 Å². The number of rotatable bonds is 4. The van der Waals surface area contributed by atoms with Gasteiger partial charge in [0.05, 0.1) is 35.9 Å². The summed E-state index contributed by atoms with van der Waals surface area (Å²) in [5.41, 5.74) is 1.46. The number of sulfonamides is 1. The molecule has 0 spiro atoms. The number of para-hydroxylation sites is 1. The Bertz CT molecular complexity index is 1100. The minimum atomic E-state index is -4.09. The molecule has 2 aliphatic heterocycles. The number of morpholine rings is 1. The van der Waals surface area contributed by atoms with Crippen LogP contribution in [0.25, 0.3) is 0 Å². The fourth-order valence-corrected chi connectivity index (χ4v) is 4.99. The zero-order valence-corrected chi connectivity index (χ0v) is 16.8. The quantitative estimate of drug-likeness (QED) is 0.765. The van der Waals surface area contributed by atoms with Gasteiger partial charge in [-0.2, -0.15) is 0 Å². The molecule has 1 fully saturated rings. The van der Waals surface area contributed by atoms with Gasteiger partial charge in [0.15, 0.2) is 0 Å². The van der Waals surface area contributed by atoms with E-state index < -0.39 is 10.0 Å². The summed E-state index contributed by atoms with van der Waals surface area (Å²) in [4.78, 5) is 25.9. The molecule has 2 amide bonds. The lowest BCUT2D eigenvalue weighted by Crippen LogP contribution is -2.41. The van der Waals surface area contributed by atoms with E-state index in [9.17, 15) is 18.0 Å². The molecule has 0 radical (unpaired) electrons. The standard InChI is InChI=1S/C19H18ClN3O5S/c20-14-11-16-12(10-18(24)21-16)9-17(14)29(26,27)22-15-4-2-1-3-13(15)19(25)23-5-7-28-8-6-23/h1-4,9,11,22H,5-8,10H2,(H,21,24). The van der Waals surface area contributed by atoms with E-state index in [-0.39, 0.29) is 39.4 Å². The van der Waals surface area contributed by atoms with E-state index in [4.69, 9.17) is 16.3 Å². The molecule has 2 N–H and O–H groups in total. The van der Waals surface area contributed by atoms with Gasteiger partial charge in [-0.25, -0.2) is 8.42 Å². The van der Waals surface area contributed by atoms with Crippen LogP contribution in [-0.2, 0) is 26.0 Å². The molecule has 29 heavy (non-hydrogen) atoms. The Hall–Kier alpha value is -2.62. The number of carbonyl (C=O) groups excluding carboxylic acids is 2. The fraction of sp³-hybridized carbons (Fsp3) is 0.263. The van der Waals surface area contributed by atoms with Crippen LogP contribution in [-0.4, -0.2) is 51.4 Å². The highest BCUT2D eigenvalue weighted by Gasteiger charge is 2.27. The van der Waals surface area contributed by atoms with Crippen molar-refractivity contribution in [2.24, 2.45) is 0 Å². The minimum absolute atomic E-state index is 0.0181. The first-order valence-corrected chi connectivity index (χ1v) is 10.8. The van der Waals surface area contributed by atoms with Gasteiger partial charge in [-0.1, -0.05) is 23.7 Å². The maximum absolute atomic E-state index is 13.0. The molecule has 0 saturated carbocycles. The van der Waals surface area contributed by atoms with Crippen molar-refractivity contribution in [1.82, 2.24) is 4.90 Å². The second-order valence-corrected chi connectivity index (χ2v) is 8.78. The number of hydrogen-bond acceptors (Lipinski definition) is 5. The highest BCUT2D eigenvalue weighted by molar-refractivity contribution is 7.92. The van der Waals surface area contributed by atoms with E-state index in [1.54, 1.807) is 23.1 Å². The number of nitrogens with one attached hydrogen (secondary N) is 2. The molecule has 0 unspecified atom stereocenters. The second kappa shape index (κ2) is 7.66. The van der Waals surface area contributed by atoms with Gasteiger partial charge in [0.25, 0.3) is 15.9 Å². The van der Waals surface area contributed by atoms with E-state index >= 15 is 0 Å². The number of amides is 2. The molecule has 2 aromatic carbocycles. The number of carbonyl (C=O) groups is 2. The topological polar surface area (TPSA) is 105 Å². The maximum Gasteiger partial charge on any atom is 0.263 e. The molecular weight excluding hydrogens is 418 g/mol. The Morgan fingerprint density at radius 2 is 1.90 bits per heavy atom. The molecule has 4 rings (SSSR count). The molecule has 0 aliphatic carbocycles. The minimum Gasteiger partial charge on any atom is -0.378 e. The van der Waals surface area contributed by atoms with Crippen molar-refractivity contribution >= 4 is 44.8 Å². The van der Waals surface area contributed by atoms with Crippen LogP contribution < -0.4 is 10.0 Å². The van der Waals surface area contributed by atoms with E-state index in [1.807, 2.05) is 0 Å². The number of hydrogen-bond donors (Lipinski definition) is 2. The molecule has 10 heteroatoms. The SMILES string of the molecule is O=C1Cc2cc(S(=O)(=O)Nc3ccccc3C(=O)N3CCOCC3)c(Cl)cc2N1. The smallest absolute Gasteiger partial charge is 0.263 e. The molecule has 2 heterocycles. The Kier molecular flexibility index (Phi) is 5.20. The Morgan fingerprint density at radius 1 is 1.17 bits per heavy atom. The Balaban J connectivity index is 1.65. The van der Waals surface area contributed by atoms with Crippen LogP contribution in [0, 0.1) is 0 Å². The molecule has 0 atom stereocenters. The molecule has 2 aromatic rings. The maximum atomic E-state index is 13.0. The zero-order valence-electron chi connectivity index (χ0n) is 15.3. The number of anilines is 2. The summed E-state index contributed by atoms with van der Waals surface area (Å²) in [7, 11) is -4.09. The van der Waals surface area contributed by atoms with Gasteiger partial charge in [-0.05, 0) is 29.8 Å². The average Bonchev–Trinajstić information content (AvgIpc) is 3.06. The highest BCUT2D eigenvalue weighted by atomic mass is 35.5. The van der Waals surface area contributed by atoms with E-state index in [1.165, 1.54) is 18.2 Å². The normalized spacial score (nSPS) is 16.3. The lowest BCUT2D eigenvalue weighted by Gasteiger charge is -2.27. The highest BCUT2D eigenvalue weighted by Crippen LogP contribution is 2.33. The monoisotopic (exact) mass is 435 g/mol. The number of benzene rings is 2. The molecule has 152 valence electrons. The van der Waals surface area contributed by atoms with Gasteiger partial charge < -0.3 is 15.0 Å². The van der Waals surface area contributed by atoms with Crippen LogP contribution in [0.2, 0.25) is 5.02 Å². The zero-order chi connectivity index (χ0) is 20.6. The van der Waals surface area contributed by atoms with E-state index in [2.05, 4.69) is 10.0 Å². The molecule has 0 bridgehead atoms. The Labute approximate surface area is 172 Å². The van der Waals surface area contributed by atoms with E-state index in [0.29, 0.717) is 37.6 Å². The predicted octanol–water partition coefficient (Wildman–Crippen LogP) is 2.11. The lowest BCUT2D eigenvalue weighted by atomic mass is 10.1. The molecule has 1 saturated heterocycles. The Morgan fingerprint density at radius 3 is 2.66 bits per heavy atom. The number of nitrogens with zero attached hydrogens (tertiary/aromatic N) is 1. The first-order valence-electron chi connectivity index (χ1n) is 8.96. The van der Waals surface area contributed by atoms with Gasteiger partial charge >= 0.3 is 0 Å². The largest absolute Gasteiger partial charge is 0.378 e. The van der Waals surface area contributed by atoms with Crippen LogP contribution in [0.5, 0.6) is 0 Å². The summed E-state index contributed by atoms with van der Waals surface area (Å²) in [5, 5.41) is 2.61. The first-order chi connectivity index (χ1) is 13.8. The summed E-state index contributed by atoms with van der Waals surface area (Å²) in [6, 6.07) is 9.21. The van der Waals surface area contributed by atoms with Crippen LogP contribution >= 0.6 is 11.6 Å². The van der Waals surface area contributed by atoms with Crippen molar-refractivity contribution in [3.8, 4) is 0 Å². The number of halogens is 1. The third-order valence-electron chi connectivity index (χ3n) is 4.77. The van der Waals surface area contributed by atoms with Crippen molar-refractivity contribution in [2.75, 3.05) is 36.3 Å². The van der Waals surface area contributed by atoms with Crippen molar-refractivity contribution in [3.63, 3.8) is 0 Å². The van der Waals surface area contributed by atoms with Gasteiger partial charge in [-0.3, -0.25) is 14.3 Å². The van der Waals surface area contributed by atoms with Crippen LogP contribution in [0.15, 0.2) is 41.3 Å². The fourth-order valence-electron chi connectivity index (χ4n) is 3.33. The summed E-state index contributed by atoms with van der Waals surface area (Å²) < 4.78 is 33.8. The van der Waals surface area contributed by atoms with Gasteiger partial charge in [0.2, 0.25) is 5.91 Å². The summed E-state index contributed by atoms with van der Waals surface area (Å²) in [5.74, 6) is -0.499. The van der Waals surface area contributed by atoms with Gasteiger partial charge in [-0.15, -0.1) is 0 Å². The summed E-state index contributed by atoms with van der Waals surface area (Å²) in [6.45, 7) is 1.77. The van der Waals surface area contributed by atoms with Crippen molar-refractivity contribution in [3.05, 3.63) is 52.5 Å². The van der Waals surface area contributed by atoms with Crippen molar-refractivity contribution < 1.29 is 22.7 Å². The summed E-state index contributed by atoms with van der Waals surface area (Å²) >= 11 is 6.17. The van der Waals surface area contributed by atoms with Crippen LogP contribution in [0.4, 0.5) is 11.4 Å². The van der Waals surface area contributed by atoms with Crippen molar-refractivity contribution in [1.29, 1.82) is 0 Å². The predicted molar refractivity (Wildman–Crippen MR) is 108 cm³/mol. The first kappa shape index (κ1) is 19.7. The number of ether oxygens (including phenoxy) is 1. The lowest BCUT2D eigenvalue weighted by molar-refractivity contribution is -0.115. The number of fused-ring (bicyclic) bond motifs is 1. The molecular formula is C19H18ClN3O5S. The van der Waals surface area contributed by atoms with Gasteiger partial charge in [0.1, 0.15) is 4.90 Å². The summed E-state index contributed by atoms with van der Waals surface area (Å²) in [6.07, 6.45) is 0.0845. The van der Waals surface area contributed by atoms with Crippen LogP contribution in [0.3, 0.4) is 0 Å². The molecule has 2 aliphatic rings. The second-order valence-electron chi connectivity index (χ2n) is 6.72. The average molecular weight is 436 g/mol. The molecule has 0 aromatic heterocycles. The van der Waals surface area contributed by atoms with Crippen molar-refractivity contribution in [2.45, 2.75) is 11.3 Å². The third-order valence-corrected chi connectivity index (χ3v) is 6.60. The van der Waals surface area contributed by atoms with E-state index in [0.717, 1.165) is 0 Å². The molecule has 8 nitrogen and oxygen atoms in total. The van der Waals surface area contributed by atoms with Gasteiger partial charge in [0, 0.05) is 18.8 Å².